The zero-order valence-electron chi connectivity index (χ0n) is 14.3. The Labute approximate surface area is 149 Å². The summed E-state index contributed by atoms with van der Waals surface area (Å²) in [4.78, 5) is 24.7. The van der Waals surface area contributed by atoms with Crippen molar-refractivity contribution in [3.63, 3.8) is 0 Å². The van der Waals surface area contributed by atoms with Gasteiger partial charge in [0.1, 0.15) is 6.54 Å². The lowest BCUT2D eigenvalue weighted by atomic mass is 9.75. The summed E-state index contributed by atoms with van der Waals surface area (Å²) in [5, 5.41) is 16.8. The van der Waals surface area contributed by atoms with Gasteiger partial charge in [-0.25, -0.2) is 4.79 Å². The van der Waals surface area contributed by atoms with Crippen molar-refractivity contribution in [3.8, 4) is 0 Å². The fourth-order valence-electron chi connectivity index (χ4n) is 3.50. The van der Waals surface area contributed by atoms with Crippen LogP contribution < -0.4 is 11.1 Å². The van der Waals surface area contributed by atoms with Crippen LogP contribution in [0.3, 0.4) is 0 Å². The molecule has 1 saturated carbocycles. The van der Waals surface area contributed by atoms with Gasteiger partial charge in [-0.2, -0.15) is 5.10 Å². The maximum absolute atomic E-state index is 12.6. The molecule has 1 aromatic carbocycles. The fourth-order valence-corrected chi connectivity index (χ4v) is 3.50. The van der Waals surface area contributed by atoms with Gasteiger partial charge in [-0.05, 0) is 30.9 Å². The van der Waals surface area contributed by atoms with E-state index in [1.54, 1.807) is 35.1 Å². The van der Waals surface area contributed by atoms with Crippen LogP contribution in [-0.4, -0.2) is 31.5 Å². The van der Waals surface area contributed by atoms with E-state index in [0.717, 1.165) is 5.56 Å². The van der Waals surface area contributed by atoms with Crippen molar-refractivity contribution in [3.05, 3.63) is 52.8 Å². The lowest BCUT2D eigenvalue weighted by Crippen LogP contribution is -2.42. The number of aliphatic hydroxyl groups is 1. The molecule has 0 spiro atoms. The van der Waals surface area contributed by atoms with E-state index in [0.29, 0.717) is 23.9 Å². The molecule has 136 valence electrons. The largest absolute Gasteiger partial charge is 0.420 e. The Morgan fingerprint density at radius 3 is 2.88 bits per heavy atom. The van der Waals surface area contributed by atoms with Gasteiger partial charge in [0.2, 0.25) is 5.91 Å². The first kappa shape index (κ1) is 16.6. The molecular formula is C18H20N4O4. The van der Waals surface area contributed by atoms with Crippen LogP contribution in [0.1, 0.15) is 24.4 Å². The number of carbonyl (C=O) groups is 1. The summed E-state index contributed by atoms with van der Waals surface area (Å²) >= 11 is 0. The van der Waals surface area contributed by atoms with Gasteiger partial charge in [-0.15, -0.1) is 0 Å². The van der Waals surface area contributed by atoms with Crippen LogP contribution in [0.25, 0.3) is 11.1 Å². The zero-order valence-corrected chi connectivity index (χ0v) is 14.3. The van der Waals surface area contributed by atoms with Crippen LogP contribution in [0.4, 0.5) is 0 Å². The molecule has 2 heterocycles. The summed E-state index contributed by atoms with van der Waals surface area (Å²) in [6, 6.07) is 6.76. The minimum atomic E-state index is -0.557. The Kier molecular flexibility index (Phi) is 4.12. The molecule has 1 unspecified atom stereocenters. The molecule has 2 N–H and O–H groups in total. The number of oxazole rings is 1. The van der Waals surface area contributed by atoms with Crippen LogP contribution in [-0.2, 0) is 18.4 Å². The quantitative estimate of drug-likeness (QED) is 0.709. The SMILES string of the molecule is Cn1cc(C(NC(=O)Cn2c(=O)oc3ccccc32)C2CC(O)C2)cn1. The van der Waals surface area contributed by atoms with Gasteiger partial charge in [-0.3, -0.25) is 14.0 Å². The summed E-state index contributed by atoms with van der Waals surface area (Å²) in [7, 11) is 1.81. The minimum absolute atomic E-state index is 0.123. The van der Waals surface area contributed by atoms with E-state index < -0.39 is 5.76 Å². The van der Waals surface area contributed by atoms with Gasteiger partial charge in [0.25, 0.3) is 0 Å². The third-order valence-corrected chi connectivity index (χ3v) is 4.90. The summed E-state index contributed by atoms with van der Waals surface area (Å²) in [6.45, 7) is -0.123. The molecule has 1 aliphatic carbocycles. The number of rotatable bonds is 5. The minimum Gasteiger partial charge on any atom is -0.408 e. The van der Waals surface area contributed by atoms with Crippen LogP contribution in [0, 0.1) is 5.92 Å². The average Bonchev–Trinajstić information content (AvgIpc) is 3.14. The number of carbonyl (C=O) groups excluding carboxylic acids is 1. The summed E-state index contributed by atoms with van der Waals surface area (Å²) in [6.07, 6.45) is 4.52. The standard InChI is InChI=1S/C18H20N4O4/c1-21-9-12(8-19-21)17(11-6-13(23)7-11)20-16(24)10-22-14-4-2-3-5-15(14)26-18(22)25/h2-5,8-9,11,13,17,23H,6-7,10H2,1H3,(H,20,24). The number of benzene rings is 1. The van der Waals surface area contributed by atoms with Crippen LogP contribution in [0.2, 0.25) is 0 Å². The van der Waals surface area contributed by atoms with Crippen molar-refractivity contribution in [2.24, 2.45) is 13.0 Å². The highest BCUT2D eigenvalue weighted by molar-refractivity contribution is 5.79. The number of hydrogen-bond donors (Lipinski definition) is 2. The summed E-state index contributed by atoms with van der Waals surface area (Å²) in [5.41, 5.74) is 1.93. The molecule has 4 rings (SSSR count). The third-order valence-electron chi connectivity index (χ3n) is 4.90. The normalized spacial score (nSPS) is 20.7. The van der Waals surface area contributed by atoms with Gasteiger partial charge < -0.3 is 14.8 Å². The van der Waals surface area contributed by atoms with Gasteiger partial charge in [0.15, 0.2) is 5.58 Å². The molecule has 1 aliphatic rings. The molecular weight excluding hydrogens is 336 g/mol. The van der Waals surface area contributed by atoms with Crippen molar-refractivity contribution in [2.75, 3.05) is 0 Å². The third kappa shape index (κ3) is 3.03. The Morgan fingerprint density at radius 1 is 1.42 bits per heavy atom. The maximum atomic E-state index is 12.6. The number of fused-ring (bicyclic) bond motifs is 1. The number of aromatic nitrogens is 3. The summed E-state index contributed by atoms with van der Waals surface area (Å²) < 4.78 is 8.17. The number of aryl methyl sites for hydroxylation is 1. The maximum Gasteiger partial charge on any atom is 0.420 e. The first-order valence-electron chi connectivity index (χ1n) is 8.55. The molecule has 1 atom stereocenters. The van der Waals surface area contributed by atoms with Crippen molar-refractivity contribution < 1.29 is 14.3 Å². The van der Waals surface area contributed by atoms with E-state index in [1.165, 1.54) is 4.57 Å². The van der Waals surface area contributed by atoms with E-state index in [-0.39, 0.29) is 30.5 Å². The van der Waals surface area contributed by atoms with Gasteiger partial charge >= 0.3 is 5.76 Å². The first-order valence-corrected chi connectivity index (χ1v) is 8.55. The molecule has 1 amide bonds. The molecule has 2 aromatic heterocycles. The molecule has 3 aromatic rings. The fraction of sp³-hybridized carbons (Fsp3) is 0.389. The lowest BCUT2D eigenvalue weighted by Gasteiger charge is -2.37. The van der Waals surface area contributed by atoms with E-state index in [4.69, 9.17) is 4.42 Å². The average molecular weight is 356 g/mol. The molecule has 0 aliphatic heterocycles. The number of aliphatic hydroxyl groups excluding tert-OH is 1. The monoisotopic (exact) mass is 356 g/mol. The Bertz CT molecular complexity index is 996. The Morgan fingerprint density at radius 2 is 2.19 bits per heavy atom. The zero-order chi connectivity index (χ0) is 18.3. The molecule has 26 heavy (non-hydrogen) atoms. The topological polar surface area (TPSA) is 102 Å². The van der Waals surface area contributed by atoms with Gasteiger partial charge in [0, 0.05) is 18.8 Å². The van der Waals surface area contributed by atoms with Crippen LogP contribution >= 0.6 is 0 Å². The van der Waals surface area contributed by atoms with E-state index >= 15 is 0 Å². The summed E-state index contributed by atoms with van der Waals surface area (Å²) in [5.74, 6) is -0.691. The molecule has 0 radical (unpaired) electrons. The number of para-hydroxylation sites is 2. The van der Waals surface area contributed by atoms with E-state index in [1.807, 2.05) is 13.2 Å². The Balaban J connectivity index is 1.54. The van der Waals surface area contributed by atoms with Gasteiger partial charge in [0.05, 0.1) is 23.9 Å². The number of hydrogen-bond acceptors (Lipinski definition) is 5. The second-order valence-corrected chi connectivity index (χ2v) is 6.80. The highest BCUT2D eigenvalue weighted by Crippen LogP contribution is 2.37. The van der Waals surface area contributed by atoms with Gasteiger partial charge in [-0.1, -0.05) is 12.1 Å². The van der Waals surface area contributed by atoms with E-state index in [2.05, 4.69) is 10.4 Å². The van der Waals surface area contributed by atoms with Crippen molar-refractivity contribution >= 4 is 17.0 Å². The second kappa shape index (κ2) is 6.45. The molecule has 0 saturated heterocycles. The smallest absolute Gasteiger partial charge is 0.408 e. The number of amides is 1. The van der Waals surface area contributed by atoms with Crippen molar-refractivity contribution in [1.29, 1.82) is 0 Å². The predicted molar refractivity (Wildman–Crippen MR) is 93.3 cm³/mol. The highest BCUT2D eigenvalue weighted by atomic mass is 16.4. The molecule has 1 fully saturated rings. The van der Waals surface area contributed by atoms with Crippen molar-refractivity contribution in [2.45, 2.75) is 31.5 Å². The van der Waals surface area contributed by atoms with Crippen LogP contribution in [0.5, 0.6) is 0 Å². The predicted octanol–water partition coefficient (Wildman–Crippen LogP) is 0.956. The Hall–Kier alpha value is -2.87. The molecule has 8 nitrogen and oxygen atoms in total. The van der Waals surface area contributed by atoms with Crippen molar-refractivity contribution in [1.82, 2.24) is 19.7 Å². The lowest BCUT2D eigenvalue weighted by molar-refractivity contribution is -0.123. The van der Waals surface area contributed by atoms with Crippen LogP contribution in [0.15, 0.2) is 45.9 Å². The number of nitrogens with zero attached hydrogens (tertiary/aromatic N) is 3. The highest BCUT2D eigenvalue weighted by Gasteiger charge is 2.36. The molecule has 8 heteroatoms. The number of nitrogens with one attached hydrogen (secondary N) is 1. The first-order chi connectivity index (χ1) is 12.5. The second-order valence-electron chi connectivity index (χ2n) is 6.80. The van der Waals surface area contributed by atoms with E-state index in [9.17, 15) is 14.7 Å². The molecule has 0 bridgehead atoms.